The molecule has 1 nitrogen and oxygen atoms in total. The second-order valence-corrected chi connectivity index (χ2v) is 11.8. The molecule has 0 N–H and O–H groups in total. The highest BCUT2D eigenvalue weighted by atomic mass is 16.3. The van der Waals surface area contributed by atoms with E-state index in [4.69, 9.17) is 4.42 Å². The standard InChI is InChI=1S/C41H34O/c1-3-5-12-26(4-2)30-23-28-19-21-32-36(27-13-7-6-8-14-27)25-37(33-22-20-29(24-30)39(28)40(32)33)35-17-11-16-34-31-15-9-10-18-38(31)42-41(34)35/h6-11,13-26H,3-5,12H2,1-2H3. The van der Waals surface area contributed by atoms with Crippen LogP contribution in [0.2, 0.25) is 0 Å². The molecule has 8 rings (SSSR count). The van der Waals surface area contributed by atoms with Crippen LogP contribution in [-0.4, -0.2) is 0 Å². The van der Waals surface area contributed by atoms with Crippen molar-refractivity contribution in [1.82, 2.24) is 0 Å². The van der Waals surface area contributed by atoms with E-state index >= 15 is 0 Å². The molecular formula is C41H34O. The molecule has 1 heterocycles. The number of hydrogen-bond donors (Lipinski definition) is 0. The largest absolute Gasteiger partial charge is 0.455 e. The van der Waals surface area contributed by atoms with Crippen LogP contribution in [0, 0.1) is 0 Å². The zero-order valence-corrected chi connectivity index (χ0v) is 24.3. The molecule has 0 aliphatic carbocycles. The van der Waals surface area contributed by atoms with E-state index in [1.807, 2.05) is 6.07 Å². The van der Waals surface area contributed by atoms with Crippen molar-refractivity contribution in [2.24, 2.45) is 0 Å². The van der Waals surface area contributed by atoms with Gasteiger partial charge in [-0.25, -0.2) is 0 Å². The van der Waals surface area contributed by atoms with Crippen LogP contribution in [0.15, 0.2) is 120 Å². The summed E-state index contributed by atoms with van der Waals surface area (Å²) in [5, 5.41) is 10.3. The molecular weight excluding hydrogens is 508 g/mol. The minimum absolute atomic E-state index is 0.605. The highest BCUT2D eigenvalue weighted by Crippen LogP contribution is 2.47. The second kappa shape index (κ2) is 10.0. The fraction of sp³-hybridized carbons (Fsp3) is 0.171. The maximum Gasteiger partial charge on any atom is 0.143 e. The normalized spacial score (nSPS) is 12.8. The summed E-state index contributed by atoms with van der Waals surface area (Å²) in [7, 11) is 0. The lowest BCUT2D eigenvalue weighted by Crippen LogP contribution is -1.98. The molecule has 8 aromatic rings. The first-order chi connectivity index (χ1) is 20.7. The van der Waals surface area contributed by atoms with Gasteiger partial charge in [0, 0.05) is 16.3 Å². The minimum atomic E-state index is 0.605. The number of rotatable bonds is 7. The van der Waals surface area contributed by atoms with Crippen molar-refractivity contribution in [3.05, 3.63) is 121 Å². The highest BCUT2D eigenvalue weighted by Gasteiger charge is 2.20. The van der Waals surface area contributed by atoms with Gasteiger partial charge >= 0.3 is 0 Å². The molecule has 204 valence electrons. The summed E-state index contributed by atoms with van der Waals surface area (Å²) in [6.07, 6.45) is 4.95. The van der Waals surface area contributed by atoms with E-state index in [0.29, 0.717) is 5.92 Å². The predicted octanol–water partition coefficient (Wildman–Crippen LogP) is 12.5. The molecule has 1 heteroatoms. The molecule has 0 fully saturated rings. The van der Waals surface area contributed by atoms with Gasteiger partial charge in [-0.2, -0.15) is 0 Å². The van der Waals surface area contributed by atoms with Crippen LogP contribution in [-0.2, 0) is 0 Å². The number of unbranched alkanes of at least 4 members (excludes halogenated alkanes) is 1. The maximum atomic E-state index is 6.56. The first-order valence-corrected chi connectivity index (χ1v) is 15.5. The van der Waals surface area contributed by atoms with Gasteiger partial charge in [-0.05, 0) is 85.5 Å². The first-order valence-electron chi connectivity index (χ1n) is 15.5. The zero-order valence-electron chi connectivity index (χ0n) is 24.3. The molecule has 0 spiro atoms. The summed E-state index contributed by atoms with van der Waals surface area (Å²) in [5.41, 5.74) is 8.23. The van der Waals surface area contributed by atoms with E-state index in [0.717, 1.165) is 27.5 Å². The van der Waals surface area contributed by atoms with Crippen LogP contribution in [0.4, 0.5) is 0 Å². The lowest BCUT2D eigenvalue weighted by molar-refractivity contribution is 0.570. The smallest absolute Gasteiger partial charge is 0.143 e. The summed E-state index contributed by atoms with van der Waals surface area (Å²) in [6.45, 7) is 4.63. The third-order valence-electron chi connectivity index (χ3n) is 9.39. The fourth-order valence-corrected chi connectivity index (χ4v) is 7.27. The molecule has 1 aromatic heterocycles. The molecule has 1 unspecified atom stereocenters. The van der Waals surface area contributed by atoms with Gasteiger partial charge < -0.3 is 4.42 Å². The minimum Gasteiger partial charge on any atom is -0.455 e. The molecule has 0 radical (unpaired) electrons. The van der Waals surface area contributed by atoms with Crippen LogP contribution in [0.3, 0.4) is 0 Å². The van der Waals surface area contributed by atoms with Gasteiger partial charge in [0.15, 0.2) is 0 Å². The van der Waals surface area contributed by atoms with Crippen molar-refractivity contribution < 1.29 is 4.42 Å². The van der Waals surface area contributed by atoms with Gasteiger partial charge in [-0.1, -0.05) is 130 Å². The molecule has 42 heavy (non-hydrogen) atoms. The first kappa shape index (κ1) is 25.1. The van der Waals surface area contributed by atoms with Crippen molar-refractivity contribution >= 4 is 54.3 Å². The molecule has 7 aromatic carbocycles. The van der Waals surface area contributed by atoms with Crippen LogP contribution in [0.5, 0.6) is 0 Å². The van der Waals surface area contributed by atoms with Crippen molar-refractivity contribution in [1.29, 1.82) is 0 Å². The van der Waals surface area contributed by atoms with Gasteiger partial charge in [-0.3, -0.25) is 0 Å². The fourth-order valence-electron chi connectivity index (χ4n) is 7.27. The Morgan fingerprint density at radius 1 is 0.571 bits per heavy atom. The molecule has 0 aliphatic heterocycles. The monoisotopic (exact) mass is 542 g/mol. The topological polar surface area (TPSA) is 13.1 Å². The summed E-state index contributed by atoms with van der Waals surface area (Å²) in [6, 6.07) is 42.5. The van der Waals surface area contributed by atoms with Crippen molar-refractivity contribution in [2.45, 2.75) is 45.4 Å². The predicted molar refractivity (Wildman–Crippen MR) is 181 cm³/mol. The summed E-state index contributed by atoms with van der Waals surface area (Å²) in [5.74, 6) is 0.605. The zero-order chi connectivity index (χ0) is 28.2. The summed E-state index contributed by atoms with van der Waals surface area (Å²) in [4.78, 5) is 0. The van der Waals surface area contributed by atoms with Crippen LogP contribution < -0.4 is 0 Å². The highest BCUT2D eigenvalue weighted by molar-refractivity contribution is 6.29. The van der Waals surface area contributed by atoms with Crippen molar-refractivity contribution in [3.8, 4) is 22.3 Å². The van der Waals surface area contributed by atoms with Crippen LogP contribution in [0.25, 0.3) is 76.5 Å². The van der Waals surface area contributed by atoms with Crippen molar-refractivity contribution in [2.75, 3.05) is 0 Å². The third-order valence-corrected chi connectivity index (χ3v) is 9.39. The Labute approximate surface area is 246 Å². The van der Waals surface area contributed by atoms with Crippen LogP contribution >= 0.6 is 0 Å². The summed E-state index contributed by atoms with van der Waals surface area (Å²) < 4.78 is 6.56. The van der Waals surface area contributed by atoms with Gasteiger partial charge in [0.05, 0.1) is 0 Å². The molecule has 0 bridgehead atoms. The quantitative estimate of drug-likeness (QED) is 0.183. The number of fused-ring (bicyclic) bond motifs is 3. The second-order valence-electron chi connectivity index (χ2n) is 11.8. The number of furan rings is 1. The lowest BCUT2D eigenvalue weighted by Gasteiger charge is -2.21. The maximum absolute atomic E-state index is 6.56. The average Bonchev–Trinajstić information content (AvgIpc) is 3.43. The van der Waals surface area contributed by atoms with Crippen molar-refractivity contribution in [3.63, 3.8) is 0 Å². The van der Waals surface area contributed by atoms with E-state index in [1.165, 1.54) is 80.3 Å². The van der Waals surface area contributed by atoms with Crippen LogP contribution in [0.1, 0.15) is 51.0 Å². The Balaban J connectivity index is 1.47. The number of benzene rings is 7. The molecule has 1 atom stereocenters. The number of hydrogen-bond acceptors (Lipinski definition) is 1. The molecule has 0 saturated carbocycles. The Bertz CT molecular complexity index is 2200. The molecule has 0 saturated heterocycles. The van der Waals surface area contributed by atoms with E-state index in [-0.39, 0.29) is 0 Å². The summed E-state index contributed by atoms with van der Waals surface area (Å²) >= 11 is 0. The van der Waals surface area contributed by atoms with E-state index in [9.17, 15) is 0 Å². The van der Waals surface area contributed by atoms with Gasteiger partial charge in [0.1, 0.15) is 11.2 Å². The Hall–Kier alpha value is -4.62. The van der Waals surface area contributed by atoms with Gasteiger partial charge in [0.25, 0.3) is 0 Å². The van der Waals surface area contributed by atoms with E-state index < -0.39 is 0 Å². The average molecular weight is 543 g/mol. The molecule has 0 amide bonds. The third kappa shape index (κ3) is 3.84. The van der Waals surface area contributed by atoms with E-state index in [1.54, 1.807) is 0 Å². The Morgan fingerprint density at radius 3 is 2.05 bits per heavy atom. The van der Waals surface area contributed by atoms with Gasteiger partial charge in [0.2, 0.25) is 0 Å². The Morgan fingerprint density at radius 2 is 1.29 bits per heavy atom. The molecule has 0 aliphatic rings. The van der Waals surface area contributed by atoms with E-state index in [2.05, 4.69) is 123 Å². The number of para-hydroxylation sites is 2. The SMILES string of the molecule is CCCCC(CC)c1cc2ccc3c(-c4ccccc4)cc(-c4cccc5c4oc4ccccc45)c4ccc(c1)c2c34. The van der Waals surface area contributed by atoms with Gasteiger partial charge in [-0.15, -0.1) is 0 Å². The Kier molecular flexibility index (Phi) is 6.00. The lowest BCUT2D eigenvalue weighted by atomic mass is 9.83.